The minimum atomic E-state index is -0.0633. The summed E-state index contributed by atoms with van der Waals surface area (Å²) in [7, 11) is 0. The van der Waals surface area contributed by atoms with Crippen LogP contribution in [0.5, 0.6) is 0 Å². The molecule has 5 nitrogen and oxygen atoms in total. The lowest BCUT2D eigenvalue weighted by atomic mass is 9.96. The van der Waals surface area contributed by atoms with E-state index in [1.165, 1.54) is 0 Å². The lowest BCUT2D eigenvalue weighted by molar-refractivity contribution is 0.236. The molecule has 1 N–H and O–H groups in total. The Morgan fingerprint density at radius 2 is 2.22 bits per heavy atom. The largest absolute Gasteiger partial charge is 0.396 e. The van der Waals surface area contributed by atoms with Crippen molar-refractivity contribution in [2.24, 2.45) is 5.92 Å². The quantitative estimate of drug-likeness (QED) is 0.882. The van der Waals surface area contributed by atoms with Gasteiger partial charge in [0, 0.05) is 18.6 Å². The molecule has 0 aliphatic carbocycles. The fraction of sp³-hybridized carbons (Fsp3) is 0.846. The third kappa shape index (κ3) is 3.29. The van der Waals surface area contributed by atoms with E-state index >= 15 is 0 Å². The van der Waals surface area contributed by atoms with Gasteiger partial charge in [0.2, 0.25) is 5.89 Å². The van der Waals surface area contributed by atoms with Gasteiger partial charge in [0.1, 0.15) is 0 Å². The van der Waals surface area contributed by atoms with E-state index in [0.29, 0.717) is 11.8 Å². The molecule has 0 spiro atoms. The van der Waals surface area contributed by atoms with E-state index in [2.05, 4.69) is 35.8 Å². The molecule has 1 aliphatic heterocycles. The van der Waals surface area contributed by atoms with E-state index in [4.69, 9.17) is 9.63 Å². The number of aromatic nitrogens is 2. The highest BCUT2D eigenvalue weighted by Gasteiger charge is 2.25. The van der Waals surface area contributed by atoms with Gasteiger partial charge in [0.25, 0.3) is 0 Å². The first kappa shape index (κ1) is 13.5. The second kappa shape index (κ2) is 5.36. The summed E-state index contributed by atoms with van der Waals surface area (Å²) in [5.74, 6) is 2.08. The Kier molecular flexibility index (Phi) is 4.02. The van der Waals surface area contributed by atoms with E-state index in [0.717, 1.165) is 38.3 Å². The number of aliphatic hydroxyl groups is 1. The maximum absolute atomic E-state index is 8.94. The van der Waals surface area contributed by atoms with E-state index in [1.54, 1.807) is 0 Å². The highest BCUT2D eigenvalue weighted by molar-refractivity contribution is 5.00. The van der Waals surface area contributed by atoms with Gasteiger partial charge < -0.3 is 9.63 Å². The van der Waals surface area contributed by atoms with Gasteiger partial charge in [-0.05, 0) is 25.3 Å². The lowest BCUT2D eigenvalue weighted by Crippen LogP contribution is -2.21. The maximum Gasteiger partial charge on any atom is 0.240 e. The molecule has 1 aromatic rings. The van der Waals surface area contributed by atoms with Crippen molar-refractivity contribution in [3.63, 3.8) is 0 Å². The third-order valence-corrected chi connectivity index (χ3v) is 3.41. The molecule has 0 aromatic carbocycles. The number of rotatable bonds is 4. The molecule has 102 valence electrons. The molecule has 0 amide bonds. The Hall–Kier alpha value is -0.940. The molecule has 2 rings (SSSR count). The van der Waals surface area contributed by atoms with Gasteiger partial charge in [-0.2, -0.15) is 4.98 Å². The number of hydrogen-bond donors (Lipinski definition) is 1. The van der Waals surface area contributed by atoms with E-state index in [-0.39, 0.29) is 12.0 Å². The van der Waals surface area contributed by atoms with Crippen LogP contribution in [0.3, 0.4) is 0 Å². The number of nitrogens with zero attached hydrogens (tertiary/aromatic N) is 3. The number of likely N-dealkylation sites (tertiary alicyclic amines) is 1. The van der Waals surface area contributed by atoms with Crippen molar-refractivity contribution < 1.29 is 9.63 Å². The molecule has 1 unspecified atom stereocenters. The summed E-state index contributed by atoms with van der Waals surface area (Å²) in [5.41, 5.74) is -0.0633. The Morgan fingerprint density at radius 3 is 2.83 bits per heavy atom. The minimum Gasteiger partial charge on any atom is -0.396 e. The predicted octanol–water partition coefficient (Wildman–Crippen LogP) is 1.57. The number of aliphatic hydroxyl groups excluding tert-OH is 1. The average molecular weight is 253 g/mol. The van der Waals surface area contributed by atoms with Crippen LogP contribution in [0, 0.1) is 5.92 Å². The fourth-order valence-electron chi connectivity index (χ4n) is 2.29. The second-order valence-corrected chi connectivity index (χ2v) is 6.16. The zero-order valence-electron chi connectivity index (χ0n) is 11.5. The van der Waals surface area contributed by atoms with Crippen molar-refractivity contribution in [3.8, 4) is 0 Å². The topological polar surface area (TPSA) is 62.4 Å². The Bertz CT molecular complexity index is 384. The summed E-state index contributed by atoms with van der Waals surface area (Å²) >= 11 is 0. The normalized spacial score (nSPS) is 21.7. The summed E-state index contributed by atoms with van der Waals surface area (Å²) in [4.78, 5) is 6.77. The Labute approximate surface area is 108 Å². The van der Waals surface area contributed by atoms with Crippen molar-refractivity contribution >= 4 is 0 Å². The fourth-order valence-corrected chi connectivity index (χ4v) is 2.29. The second-order valence-electron chi connectivity index (χ2n) is 6.16. The standard InChI is InChI=1S/C13H23N3O2/c1-13(2,3)12-14-11(18-15-12)9-16-6-4-10(8-16)5-7-17/h10,17H,4-9H2,1-3H3. The first-order valence-corrected chi connectivity index (χ1v) is 6.65. The zero-order chi connectivity index (χ0) is 13.2. The molecule has 1 saturated heterocycles. The Morgan fingerprint density at radius 1 is 1.44 bits per heavy atom. The van der Waals surface area contributed by atoms with Gasteiger partial charge >= 0.3 is 0 Å². The summed E-state index contributed by atoms with van der Waals surface area (Å²) < 4.78 is 5.30. The van der Waals surface area contributed by atoms with Gasteiger partial charge in [0.15, 0.2) is 5.82 Å². The highest BCUT2D eigenvalue weighted by atomic mass is 16.5. The molecule has 0 radical (unpaired) electrons. The predicted molar refractivity (Wildman–Crippen MR) is 68.1 cm³/mol. The van der Waals surface area contributed by atoms with Gasteiger partial charge in [-0.25, -0.2) is 0 Å². The maximum atomic E-state index is 8.94. The first-order chi connectivity index (χ1) is 8.49. The van der Waals surface area contributed by atoms with Crippen LogP contribution in [-0.2, 0) is 12.0 Å². The van der Waals surface area contributed by atoms with Crippen LogP contribution in [0.2, 0.25) is 0 Å². The summed E-state index contributed by atoms with van der Waals surface area (Å²) in [6, 6.07) is 0. The van der Waals surface area contributed by atoms with Crippen LogP contribution in [0.1, 0.15) is 45.3 Å². The lowest BCUT2D eigenvalue weighted by Gasteiger charge is -2.13. The van der Waals surface area contributed by atoms with Crippen LogP contribution in [-0.4, -0.2) is 39.8 Å². The minimum absolute atomic E-state index is 0.0633. The van der Waals surface area contributed by atoms with Crippen LogP contribution < -0.4 is 0 Å². The molecular formula is C13H23N3O2. The van der Waals surface area contributed by atoms with E-state index in [1.807, 2.05) is 0 Å². The SMILES string of the molecule is CC(C)(C)c1noc(CN2CCC(CCO)C2)n1. The van der Waals surface area contributed by atoms with Crippen LogP contribution in [0.4, 0.5) is 0 Å². The first-order valence-electron chi connectivity index (χ1n) is 6.65. The average Bonchev–Trinajstić information content (AvgIpc) is 2.88. The number of hydrogen-bond acceptors (Lipinski definition) is 5. The van der Waals surface area contributed by atoms with Crippen molar-refractivity contribution in [2.45, 2.75) is 45.6 Å². The molecule has 2 heterocycles. The monoisotopic (exact) mass is 253 g/mol. The van der Waals surface area contributed by atoms with Crippen LogP contribution in [0.15, 0.2) is 4.52 Å². The highest BCUT2D eigenvalue weighted by Crippen LogP contribution is 2.22. The van der Waals surface area contributed by atoms with Crippen molar-refractivity contribution in [3.05, 3.63) is 11.7 Å². The molecule has 1 fully saturated rings. The van der Waals surface area contributed by atoms with Crippen LogP contribution >= 0.6 is 0 Å². The smallest absolute Gasteiger partial charge is 0.240 e. The molecule has 0 bridgehead atoms. The molecule has 0 saturated carbocycles. The molecule has 1 aromatic heterocycles. The molecule has 1 aliphatic rings. The van der Waals surface area contributed by atoms with Crippen molar-refractivity contribution in [1.29, 1.82) is 0 Å². The molecule has 18 heavy (non-hydrogen) atoms. The molecule has 5 heteroatoms. The van der Waals surface area contributed by atoms with Crippen molar-refractivity contribution in [1.82, 2.24) is 15.0 Å². The van der Waals surface area contributed by atoms with Gasteiger partial charge in [-0.15, -0.1) is 0 Å². The summed E-state index contributed by atoms with van der Waals surface area (Å²) in [5, 5.41) is 13.0. The summed E-state index contributed by atoms with van der Waals surface area (Å²) in [6.45, 7) is 9.32. The van der Waals surface area contributed by atoms with Gasteiger partial charge in [-0.1, -0.05) is 25.9 Å². The Balaban J connectivity index is 1.89. The van der Waals surface area contributed by atoms with E-state index < -0.39 is 0 Å². The summed E-state index contributed by atoms with van der Waals surface area (Å²) in [6.07, 6.45) is 2.05. The van der Waals surface area contributed by atoms with Crippen LogP contribution in [0.25, 0.3) is 0 Å². The third-order valence-electron chi connectivity index (χ3n) is 3.41. The zero-order valence-corrected chi connectivity index (χ0v) is 11.5. The molecular weight excluding hydrogens is 230 g/mol. The van der Waals surface area contributed by atoms with E-state index in [9.17, 15) is 0 Å². The van der Waals surface area contributed by atoms with Gasteiger partial charge in [0.05, 0.1) is 6.54 Å². The molecule has 1 atom stereocenters. The van der Waals surface area contributed by atoms with Gasteiger partial charge in [-0.3, -0.25) is 4.90 Å². The van der Waals surface area contributed by atoms with Crippen molar-refractivity contribution in [2.75, 3.05) is 19.7 Å².